The van der Waals surface area contributed by atoms with E-state index in [1.54, 1.807) is 17.0 Å². The van der Waals surface area contributed by atoms with E-state index in [1.165, 1.54) is 6.07 Å². The van der Waals surface area contributed by atoms with Crippen LogP contribution in [0, 0.1) is 11.7 Å². The van der Waals surface area contributed by atoms with Gasteiger partial charge in [0, 0.05) is 32.1 Å². The molecule has 1 saturated heterocycles. The van der Waals surface area contributed by atoms with Crippen molar-refractivity contribution in [3.8, 4) is 5.75 Å². The number of imide groups is 1. The summed E-state index contributed by atoms with van der Waals surface area (Å²) in [7, 11) is 0. The highest BCUT2D eigenvalue weighted by Gasteiger charge is 2.23. The number of carbonyl (C=O) groups excluding carboxylic acids is 2. The van der Waals surface area contributed by atoms with Crippen LogP contribution < -0.4 is 20.9 Å². The Bertz CT molecular complexity index is 714. The van der Waals surface area contributed by atoms with Crippen LogP contribution in [0.3, 0.4) is 0 Å². The van der Waals surface area contributed by atoms with Gasteiger partial charge in [-0.3, -0.25) is 21.0 Å². The number of rotatable bonds is 12. The smallest absolute Gasteiger partial charge is 0.324 e. The van der Waals surface area contributed by atoms with E-state index in [0.29, 0.717) is 57.5 Å². The number of nitrogens with one attached hydrogen (secondary N) is 3. The second-order valence-corrected chi connectivity index (χ2v) is 7.44. The zero-order valence-corrected chi connectivity index (χ0v) is 16.7. The van der Waals surface area contributed by atoms with Gasteiger partial charge in [-0.1, -0.05) is 6.07 Å². The van der Waals surface area contributed by atoms with Crippen LogP contribution in [0.15, 0.2) is 18.2 Å². The molecule has 1 aliphatic heterocycles. The molecule has 1 atom stereocenters. The Balaban J connectivity index is 1.28. The van der Waals surface area contributed by atoms with Crippen molar-refractivity contribution < 1.29 is 23.5 Å². The number of halogens is 1. The molecule has 2 aliphatic rings. The zero-order chi connectivity index (χ0) is 20.6. The minimum absolute atomic E-state index is 0.0338. The number of benzene rings is 1. The van der Waals surface area contributed by atoms with Gasteiger partial charge in [-0.05, 0) is 43.4 Å². The molecule has 9 heteroatoms. The highest BCUT2D eigenvalue weighted by atomic mass is 19.1. The first-order valence-electron chi connectivity index (χ1n) is 10.1. The summed E-state index contributed by atoms with van der Waals surface area (Å²) < 4.78 is 25.0. The molecule has 0 radical (unpaired) electrons. The van der Waals surface area contributed by atoms with E-state index in [4.69, 9.17) is 9.47 Å². The predicted octanol–water partition coefficient (Wildman–Crippen LogP) is 1.73. The maximum atomic E-state index is 13.9. The van der Waals surface area contributed by atoms with Crippen molar-refractivity contribution in [1.29, 1.82) is 0 Å². The highest BCUT2D eigenvalue weighted by molar-refractivity contribution is 5.96. The number of urea groups is 1. The summed E-state index contributed by atoms with van der Waals surface area (Å²) in [6.45, 7) is 4.86. The van der Waals surface area contributed by atoms with E-state index in [9.17, 15) is 14.0 Å². The Labute approximate surface area is 170 Å². The number of hydrogen-bond acceptors (Lipinski definition) is 6. The summed E-state index contributed by atoms with van der Waals surface area (Å²) in [6.07, 6.45) is 2.65. The van der Waals surface area contributed by atoms with Gasteiger partial charge in [0.05, 0.1) is 19.8 Å². The molecule has 3 N–H and O–H groups in total. The van der Waals surface area contributed by atoms with Crippen molar-refractivity contribution in [2.45, 2.75) is 32.2 Å². The van der Waals surface area contributed by atoms with E-state index in [2.05, 4.69) is 16.2 Å². The first kappa shape index (κ1) is 21.5. The third kappa shape index (κ3) is 6.95. The van der Waals surface area contributed by atoms with E-state index in [1.807, 2.05) is 6.92 Å². The van der Waals surface area contributed by atoms with Crippen LogP contribution in [0.4, 0.5) is 9.18 Å². The summed E-state index contributed by atoms with van der Waals surface area (Å²) in [5, 5.41) is 2.28. The molecule has 160 valence electrons. The van der Waals surface area contributed by atoms with Gasteiger partial charge in [0.1, 0.15) is 0 Å². The summed E-state index contributed by atoms with van der Waals surface area (Å²) >= 11 is 0. The minimum atomic E-state index is -0.363. The van der Waals surface area contributed by atoms with Crippen molar-refractivity contribution in [3.63, 3.8) is 0 Å². The average molecular weight is 408 g/mol. The van der Waals surface area contributed by atoms with Crippen molar-refractivity contribution in [2.24, 2.45) is 5.92 Å². The lowest BCUT2D eigenvalue weighted by molar-refractivity contribution is -0.121. The van der Waals surface area contributed by atoms with Crippen molar-refractivity contribution in [1.82, 2.24) is 21.1 Å². The second-order valence-electron chi connectivity index (χ2n) is 7.44. The van der Waals surface area contributed by atoms with Gasteiger partial charge in [-0.2, -0.15) is 0 Å². The predicted molar refractivity (Wildman–Crippen MR) is 105 cm³/mol. The lowest BCUT2D eigenvalue weighted by Gasteiger charge is -2.26. The molecule has 1 saturated carbocycles. The normalized spacial score (nSPS) is 17.9. The Kier molecular flexibility index (Phi) is 7.79. The maximum Gasteiger partial charge on any atom is 0.324 e. The van der Waals surface area contributed by atoms with Crippen LogP contribution in [0.25, 0.3) is 0 Å². The zero-order valence-electron chi connectivity index (χ0n) is 16.7. The second kappa shape index (κ2) is 10.5. The van der Waals surface area contributed by atoms with E-state index in [0.717, 1.165) is 18.4 Å². The molecule has 8 nitrogen and oxygen atoms in total. The van der Waals surface area contributed by atoms with Crippen LogP contribution in [0.2, 0.25) is 0 Å². The van der Waals surface area contributed by atoms with Gasteiger partial charge in [-0.15, -0.1) is 0 Å². The fourth-order valence-electron chi connectivity index (χ4n) is 2.91. The molecule has 3 rings (SSSR count). The summed E-state index contributed by atoms with van der Waals surface area (Å²) in [6, 6.07) is 4.51. The minimum Gasteiger partial charge on any atom is -0.490 e. The largest absolute Gasteiger partial charge is 0.490 e. The number of hydrogen-bond donors (Lipinski definition) is 3. The molecule has 1 heterocycles. The van der Waals surface area contributed by atoms with Crippen LogP contribution in [-0.2, 0) is 9.53 Å². The lowest BCUT2D eigenvalue weighted by Crippen LogP contribution is -2.50. The van der Waals surface area contributed by atoms with Crippen LogP contribution >= 0.6 is 0 Å². The Morgan fingerprint density at radius 3 is 2.90 bits per heavy atom. The molecule has 0 bridgehead atoms. The summed E-state index contributed by atoms with van der Waals surface area (Å²) in [5.74, 6) is 0.297. The molecule has 1 aliphatic carbocycles. The van der Waals surface area contributed by atoms with Gasteiger partial charge in [0.25, 0.3) is 0 Å². The molecule has 1 aromatic carbocycles. The molecular weight excluding hydrogens is 379 g/mol. The van der Waals surface area contributed by atoms with Crippen molar-refractivity contribution in [2.75, 3.05) is 39.5 Å². The van der Waals surface area contributed by atoms with Gasteiger partial charge >= 0.3 is 6.03 Å². The van der Waals surface area contributed by atoms with Crippen molar-refractivity contribution in [3.05, 3.63) is 29.6 Å². The maximum absolute atomic E-state index is 13.9. The standard InChI is InChI=1S/C20H29FN4O4/c1-14(16-4-5-17(21)18(12-16)29-13-15-2-3-15)24-22-7-10-28-11-9-25-8-6-19(26)23-20(25)27/h4-5,12,14-15,22,24H,2-3,6-11,13H2,1H3,(H,23,26,27). The number of nitrogens with zero attached hydrogens (tertiary/aromatic N) is 1. The molecule has 2 fully saturated rings. The third-order valence-electron chi connectivity index (χ3n) is 4.96. The van der Waals surface area contributed by atoms with Gasteiger partial charge < -0.3 is 14.4 Å². The van der Waals surface area contributed by atoms with Gasteiger partial charge in [0.2, 0.25) is 5.91 Å². The topological polar surface area (TPSA) is 91.9 Å². The molecule has 0 aromatic heterocycles. The Morgan fingerprint density at radius 2 is 2.14 bits per heavy atom. The fourth-order valence-corrected chi connectivity index (χ4v) is 2.91. The third-order valence-corrected chi connectivity index (χ3v) is 4.96. The first-order valence-corrected chi connectivity index (χ1v) is 10.1. The highest BCUT2D eigenvalue weighted by Crippen LogP contribution is 2.30. The average Bonchev–Trinajstić information content (AvgIpc) is 3.52. The molecule has 29 heavy (non-hydrogen) atoms. The van der Waals surface area contributed by atoms with Crippen LogP contribution in [-0.4, -0.2) is 56.3 Å². The number of amides is 3. The fraction of sp³-hybridized carbons (Fsp3) is 0.600. The molecule has 3 amide bonds. The van der Waals surface area contributed by atoms with E-state index < -0.39 is 0 Å². The Morgan fingerprint density at radius 1 is 1.31 bits per heavy atom. The molecular formula is C20H29FN4O4. The van der Waals surface area contributed by atoms with Gasteiger partial charge in [0.15, 0.2) is 11.6 Å². The van der Waals surface area contributed by atoms with Crippen molar-refractivity contribution >= 4 is 11.9 Å². The lowest BCUT2D eigenvalue weighted by atomic mass is 10.1. The number of carbonyl (C=O) groups is 2. The van der Waals surface area contributed by atoms with E-state index in [-0.39, 0.29) is 23.8 Å². The molecule has 1 unspecified atom stereocenters. The first-order chi connectivity index (χ1) is 14.0. The van der Waals surface area contributed by atoms with Crippen LogP contribution in [0.5, 0.6) is 5.75 Å². The number of ether oxygens (including phenoxy) is 2. The van der Waals surface area contributed by atoms with Crippen LogP contribution in [0.1, 0.15) is 37.8 Å². The SMILES string of the molecule is CC(NNCCOCCN1CCC(=O)NC1=O)c1ccc(F)c(OCC2CC2)c1. The number of hydrazine groups is 1. The quantitative estimate of drug-likeness (QED) is 0.360. The monoisotopic (exact) mass is 408 g/mol. The summed E-state index contributed by atoms with van der Waals surface area (Å²) in [5.41, 5.74) is 7.17. The van der Waals surface area contributed by atoms with E-state index >= 15 is 0 Å². The van der Waals surface area contributed by atoms with Gasteiger partial charge in [-0.25, -0.2) is 9.18 Å². The Hall–Kier alpha value is -2.23. The summed E-state index contributed by atoms with van der Waals surface area (Å²) in [4.78, 5) is 24.2. The molecule has 1 aromatic rings. The molecule has 0 spiro atoms.